The highest BCUT2D eigenvalue weighted by Gasteiger charge is 2.07. The summed E-state index contributed by atoms with van der Waals surface area (Å²) in [5.41, 5.74) is 0. The Labute approximate surface area is 80.5 Å². The maximum Gasteiger partial charge on any atom is 0.237 e. The van der Waals surface area contributed by atoms with E-state index in [0.717, 1.165) is 6.42 Å². The third kappa shape index (κ3) is 5.26. The molecule has 0 saturated carbocycles. The van der Waals surface area contributed by atoms with Crippen LogP contribution in [0.2, 0.25) is 0 Å². The zero-order valence-corrected chi connectivity index (χ0v) is 8.63. The maximum atomic E-state index is 11.3. The molecule has 3 nitrogen and oxygen atoms in total. The summed E-state index contributed by atoms with van der Waals surface area (Å²) in [6.07, 6.45) is 6.11. The number of hydrogen-bond donors (Lipinski definition) is 1. The van der Waals surface area contributed by atoms with Crippen LogP contribution in [0.3, 0.4) is 0 Å². The topological polar surface area (TPSA) is 32.3 Å². The van der Waals surface area contributed by atoms with E-state index in [1.165, 1.54) is 4.90 Å². The standard InChI is InChI=1S/C10H18N2O/c1-5-7-12(4)10(13)8-11-9(3)6-2/h1,9,11H,6-8H2,2-4H3. The minimum Gasteiger partial charge on any atom is -0.334 e. The first-order chi connectivity index (χ1) is 6.11. The number of terminal acetylenes is 1. The third-order valence-corrected chi connectivity index (χ3v) is 1.97. The molecule has 1 unspecified atom stereocenters. The van der Waals surface area contributed by atoms with E-state index in [2.05, 4.69) is 25.1 Å². The van der Waals surface area contributed by atoms with Crippen LogP contribution in [0.1, 0.15) is 20.3 Å². The second-order valence-corrected chi connectivity index (χ2v) is 3.14. The van der Waals surface area contributed by atoms with Gasteiger partial charge in [-0.1, -0.05) is 12.8 Å². The Morgan fingerprint density at radius 2 is 2.31 bits per heavy atom. The molecule has 3 heteroatoms. The molecule has 0 rings (SSSR count). The van der Waals surface area contributed by atoms with E-state index in [1.807, 2.05) is 0 Å². The Kier molecular flexibility index (Phi) is 5.99. The molecule has 0 aliphatic heterocycles. The molecule has 0 aliphatic rings. The lowest BCUT2D eigenvalue weighted by molar-refractivity contribution is -0.128. The van der Waals surface area contributed by atoms with Crippen molar-refractivity contribution in [2.45, 2.75) is 26.3 Å². The van der Waals surface area contributed by atoms with Crippen LogP contribution in [0.25, 0.3) is 0 Å². The fourth-order valence-corrected chi connectivity index (χ4v) is 0.766. The predicted octanol–water partition coefficient (Wildman–Crippen LogP) is 0.466. The number of carbonyl (C=O) groups is 1. The first-order valence-electron chi connectivity index (χ1n) is 4.52. The molecule has 1 N–H and O–H groups in total. The molecule has 0 fully saturated rings. The first kappa shape index (κ1) is 12.0. The molecule has 0 spiro atoms. The summed E-state index contributed by atoms with van der Waals surface area (Å²) in [7, 11) is 1.71. The SMILES string of the molecule is C#CCN(C)C(=O)CNC(C)CC. The van der Waals surface area contributed by atoms with Gasteiger partial charge >= 0.3 is 0 Å². The van der Waals surface area contributed by atoms with Crippen LogP contribution in [0.5, 0.6) is 0 Å². The summed E-state index contributed by atoms with van der Waals surface area (Å²) in [5, 5.41) is 3.11. The van der Waals surface area contributed by atoms with Gasteiger partial charge in [0.1, 0.15) is 0 Å². The molecule has 74 valence electrons. The lowest BCUT2D eigenvalue weighted by Gasteiger charge is -2.16. The van der Waals surface area contributed by atoms with Crippen molar-refractivity contribution < 1.29 is 4.79 Å². The molecule has 13 heavy (non-hydrogen) atoms. The van der Waals surface area contributed by atoms with E-state index in [0.29, 0.717) is 19.1 Å². The second kappa shape index (κ2) is 6.50. The second-order valence-electron chi connectivity index (χ2n) is 3.14. The van der Waals surface area contributed by atoms with Gasteiger partial charge in [0.05, 0.1) is 13.1 Å². The Bertz CT molecular complexity index is 196. The minimum atomic E-state index is 0.0400. The van der Waals surface area contributed by atoms with E-state index in [4.69, 9.17) is 6.42 Å². The van der Waals surface area contributed by atoms with Crippen LogP contribution < -0.4 is 5.32 Å². The van der Waals surface area contributed by atoms with Gasteiger partial charge in [-0.2, -0.15) is 0 Å². The van der Waals surface area contributed by atoms with Crippen LogP contribution in [0.4, 0.5) is 0 Å². The minimum absolute atomic E-state index is 0.0400. The Hall–Kier alpha value is -1.01. The fraction of sp³-hybridized carbons (Fsp3) is 0.700. The van der Waals surface area contributed by atoms with Gasteiger partial charge in [-0.3, -0.25) is 4.79 Å². The van der Waals surface area contributed by atoms with Crippen LogP contribution in [-0.4, -0.2) is 37.0 Å². The molecular weight excluding hydrogens is 164 g/mol. The first-order valence-corrected chi connectivity index (χ1v) is 4.52. The number of hydrogen-bond acceptors (Lipinski definition) is 2. The van der Waals surface area contributed by atoms with Gasteiger partial charge in [-0.05, 0) is 13.3 Å². The quantitative estimate of drug-likeness (QED) is 0.627. The van der Waals surface area contributed by atoms with Crippen molar-refractivity contribution in [2.24, 2.45) is 0 Å². The van der Waals surface area contributed by atoms with E-state index >= 15 is 0 Å². The molecule has 0 radical (unpaired) electrons. The van der Waals surface area contributed by atoms with Crippen LogP contribution >= 0.6 is 0 Å². The average molecular weight is 182 g/mol. The van der Waals surface area contributed by atoms with Gasteiger partial charge in [-0.25, -0.2) is 0 Å². The van der Waals surface area contributed by atoms with Crippen molar-refractivity contribution in [3.8, 4) is 12.3 Å². The molecule has 0 aromatic heterocycles. The van der Waals surface area contributed by atoms with Gasteiger partial charge in [-0.15, -0.1) is 6.42 Å². The van der Waals surface area contributed by atoms with Crippen molar-refractivity contribution >= 4 is 5.91 Å². The summed E-state index contributed by atoms with van der Waals surface area (Å²) < 4.78 is 0. The number of likely N-dealkylation sites (N-methyl/N-ethyl adjacent to an activating group) is 1. The Morgan fingerprint density at radius 1 is 1.69 bits per heavy atom. The molecular formula is C10H18N2O. The molecule has 0 saturated heterocycles. The Morgan fingerprint density at radius 3 is 2.77 bits per heavy atom. The lowest BCUT2D eigenvalue weighted by atomic mass is 10.2. The van der Waals surface area contributed by atoms with Gasteiger partial charge in [0.2, 0.25) is 5.91 Å². The van der Waals surface area contributed by atoms with Crippen LogP contribution in [-0.2, 0) is 4.79 Å². The summed E-state index contributed by atoms with van der Waals surface area (Å²) in [6, 6.07) is 0.378. The zero-order chi connectivity index (χ0) is 10.3. The third-order valence-electron chi connectivity index (χ3n) is 1.97. The monoisotopic (exact) mass is 182 g/mol. The average Bonchev–Trinajstić information content (AvgIpc) is 2.13. The highest BCUT2D eigenvalue weighted by atomic mass is 16.2. The van der Waals surface area contributed by atoms with Crippen molar-refractivity contribution in [2.75, 3.05) is 20.1 Å². The van der Waals surface area contributed by atoms with Crippen molar-refractivity contribution in [1.82, 2.24) is 10.2 Å². The van der Waals surface area contributed by atoms with Gasteiger partial charge in [0.25, 0.3) is 0 Å². The maximum absolute atomic E-state index is 11.3. The van der Waals surface area contributed by atoms with E-state index in [1.54, 1.807) is 7.05 Å². The molecule has 0 heterocycles. The Balaban J connectivity index is 3.69. The van der Waals surface area contributed by atoms with Gasteiger partial charge in [0, 0.05) is 13.1 Å². The largest absolute Gasteiger partial charge is 0.334 e. The summed E-state index contributed by atoms with van der Waals surface area (Å²) in [4.78, 5) is 12.9. The number of carbonyl (C=O) groups excluding carboxylic acids is 1. The smallest absolute Gasteiger partial charge is 0.237 e. The molecule has 1 atom stereocenters. The van der Waals surface area contributed by atoms with E-state index in [-0.39, 0.29) is 5.91 Å². The zero-order valence-electron chi connectivity index (χ0n) is 8.63. The highest BCUT2D eigenvalue weighted by molar-refractivity contribution is 5.78. The molecule has 0 aliphatic carbocycles. The summed E-state index contributed by atoms with van der Waals surface area (Å²) in [6.45, 7) is 4.87. The fourth-order valence-electron chi connectivity index (χ4n) is 0.766. The predicted molar refractivity (Wildman–Crippen MR) is 54.2 cm³/mol. The number of amides is 1. The van der Waals surface area contributed by atoms with Crippen molar-refractivity contribution in [3.05, 3.63) is 0 Å². The van der Waals surface area contributed by atoms with Crippen molar-refractivity contribution in [3.63, 3.8) is 0 Å². The summed E-state index contributed by atoms with van der Waals surface area (Å²) >= 11 is 0. The lowest BCUT2D eigenvalue weighted by Crippen LogP contribution is -2.38. The van der Waals surface area contributed by atoms with Crippen LogP contribution in [0.15, 0.2) is 0 Å². The number of nitrogens with one attached hydrogen (secondary N) is 1. The summed E-state index contributed by atoms with van der Waals surface area (Å²) in [5.74, 6) is 2.47. The highest BCUT2D eigenvalue weighted by Crippen LogP contribution is 1.88. The molecule has 0 aromatic rings. The van der Waals surface area contributed by atoms with E-state index < -0.39 is 0 Å². The number of rotatable bonds is 5. The number of nitrogens with zero attached hydrogens (tertiary/aromatic N) is 1. The van der Waals surface area contributed by atoms with E-state index in [9.17, 15) is 4.79 Å². The van der Waals surface area contributed by atoms with Crippen molar-refractivity contribution in [1.29, 1.82) is 0 Å². The molecule has 0 bridgehead atoms. The normalized spacial score (nSPS) is 11.8. The van der Waals surface area contributed by atoms with Gasteiger partial charge < -0.3 is 10.2 Å². The van der Waals surface area contributed by atoms with Gasteiger partial charge in [0.15, 0.2) is 0 Å². The molecule has 0 aromatic carbocycles. The van der Waals surface area contributed by atoms with Crippen LogP contribution in [0, 0.1) is 12.3 Å². The molecule has 1 amide bonds.